The molecule has 0 saturated carbocycles. The molecule has 0 radical (unpaired) electrons. The number of nitrogens with zero attached hydrogens (tertiary/aromatic N) is 1. The van der Waals surface area contributed by atoms with Gasteiger partial charge in [-0.1, -0.05) is 23.7 Å². The number of hydrogen-bond acceptors (Lipinski definition) is 4. The number of halogens is 1. The van der Waals surface area contributed by atoms with Crippen LogP contribution in [0.2, 0.25) is 5.02 Å². The van der Waals surface area contributed by atoms with E-state index in [2.05, 4.69) is 0 Å². The minimum atomic E-state index is -0.387. The van der Waals surface area contributed by atoms with Gasteiger partial charge in [0, 0.05) is 24.1 Å². The first-order valence-electron chi connectivity index (χ1n) is 6.31. The second-order valence-corrected chi connectivity index (χ2v) is 5.63. The molecule has 20 heavy (non-hydrogen) atoms. The number of esters is 1. The molecule has 6 heteroatoms. The zero-order chi connectivity index (χ0) is 15.0. The number of likely N-dealkylation sites (N-methyl/N-ethyl adjacent to an activating group) is 1. The second-order valence-electron chi connectivity index (χ2n) is 4.08. The Kier molecular flexibility index (Phi) is 7.47. The Morgan fingerprint density at radius 3 is 2.70 bits per heavy atom. The van der Waals surface area contributed by atoms with Crippen LogP contribution < -0.4 is 0 Å². The van der Waals surface area contributed by atoms with Gasteiger partial charge in [0.2, 0.25) is 5.91 Å². The average Bonchev–Trinajstić information content (AvgIpc) is 2.41. The van der Waals surface area contributed by atoms with Crippen LogP contribution >= 0.6 is 23.4 Å². The summed E-state index contributed by atoms with van der Waals surface area (Å²) in [7, 11) is 1.60. The van der Waals surface area contributed by atoms with Crippen LogP contribution in [-0.4, -0.2) is 42.7 Å². The molecule has 0 aliphatic rings. The number of rotatable bonds is 7. The molecule has 4 nitrogen and oxygen atoms in total. The Hall–Kier alpha value is -1.20. The highest BCUT2D eigenvalue weighted by Gasteiger charge is 2.13. The van der Waals surface area contributed by atoms with E-state index in [1.54, 1.807) is 14.0 Å². The number of ether oxygens (including phenoxy) is 1. The molecule has 0 aliphatic heterocycles. The molecule has 1 aromatic rings. The summed E-state index contributed by atoms with van der Waals surface area (Å²) >= 11 is 7.55. The Labute approximate surface area is 128 Å². The minimum Gasteiger partial charge on any atom is -0.465 e. The number of hydrogen-bond donors (Lipinski definition) is 0. The van der Waals surface area contributed by atoms with Crippen molar-refractivity contribution < 1.29 is 14.3 Å². The van der Waals surface area contributed by atoms with Crippen LogP contribution in [0.15, 0.2) is 29.2 Å². The van der Waals surface area contributed by atoms with E-state index in [1.165, 1.54) is 16.7 Å². The summed E-state index contributed by atoms with van der Waals surface area (Å²) in [5.74, 6) is 0.148. The van der Waals surface area contributed by atoms with Gasteiger partial charge in [-0.15, -0.1) is 11.8 Å². The van der Waals surface area contributed by atoms with Gasteiger partial charge in [-0.25, -0.2) is 0 Å². The van der Waals surface area contributed by atoms with Crippen molar-refractivity contribution in [2.24, 2.45) is 0 Å². The van der Waals surface area contributed by atoms with Crippen molar-refractivity contribution >= 4 is 35.2 Å². The molecule has 0 bridgehead atoms. The molecule has 110 valence electrons. The predicted molar refractivity (Wildman–Crippen MR) is 81.1 cm³/mol. The van der Waals surface area contributed by atoms with Crippen LogP contribution in [0.5, 0.6) is 0 Å². The van der Waals surface area contributed by atoms with Gasteiger partial charge >= 0.3 is 5.97 Å². The molecule has 0 atom stereocenters. The molecule has 1 aromatic carbocycles. The van der Waals surface area contributed by atoms with E-state index in [-0.39, 0.29) is 18.4 Å². The van der Waals surface area contributed by atoms with Gasteiger partial charge in [0.15, 0.2) is 0 Å². The maximum Gasteiger partial charge on any atom is 0.325 e. The van der Waals surface area contributed by atoms with E-state index in [1.807, 2.05) is 24.3 Å². The lowest BCUT2D eigenvalue weighted by atomic mass is 10.4. The fourth-order valence-electron chi connectivity index (χ4n) is 1.49. The number of amides is 1. The summed E-state index contributed by atoms with van der Waals surface area (Å²) < 4.78 is 4.80. The predicted octanol–water partition coefficient (Wildman–Crippen LogP) is 2.84. The van der Waals surface area contributed by atoms with Crippen molar-refractivity contribution in [1.82, 2.24) is 4.90 Å². The lowest BCUT2D eigenvalue weighted by Gasteiger charge is -2.15. The molecule has 0 aromatic heterocycles. The lowest BCUT2D eigenvalue weighted by Crippen LogP contribution is -2.33. The third-order valence-corrected chi connectivity index (χ3v) is 4.02. The number of thioether (sulfide) groups is 1. The van der Waals surface area contributed by atoms with Crippen LogP contribution in [0, 0.1) is 0 Å². The molecule has 0 aliphatic carbocycles. The van der Waals surface area contributed by atoms with Crippen molar-refractivity contribution in [3.05, 3.63) is 29.3 Å². The standard InChI is InChI=1S/C14H18ClNO3S/c1-3-19-14(18)10-16(2)13(17)8-9-20-12-7-5-4-6-11(12)15/h4-7H,3,8-10H2,1-2H3. The van der Waals surface area contributed by atoms with Gasteiger partial charge in [-0.2, -0.15) is 0 Å². The molecule has 0 spiro atoms. The molecule has 0 unspecified atom stereocenters. The fourth-order valence-corrected chi connectivity index (χ4v) is 2.67. The topological polar surface area (TPSA) is 46.6 Å². The minimum absolute atomic E-state index is 0.0105. The van der Waals surface area contributed by atoms with Crippen molar-refractivity contribution in [3.63, 3.8) is 0 Å². The lowest BCUT2D eigenvalue weighted by molar-refractivity contribution is -0.148. The molecule has 0 heterocycles. The molecule has 1 rings (SSSR count). The third-order valence-electron chi connectivity index (χ3n) is 2.51. The first-order valence-corrected chi connectivity index (χ1v) is 7.68. The van der Waals surface area contributed by atoms with Crippen molar-refractivity contribution in [2.45, 2.75) is 18.2 Å². The van der Waals surface area contributed by atoms with Gasteiger partial charge in [0.25, 0.3) is 0 Å². The third kappa shape index (κ3) is 5.84. The number of benzene rings is 1. The summed E-state index contributed by atoms with van der Waals surface area (Å²) in [5, 5.41) is 0.685. The van der Waals surface area contributed by atoms with E-state index < -0.39 is 0 Å². The quantitative estimate of drug-likeness (QED) is 0.573. The van der Waals surface area contributed by atoms with Crippen LogP contribution in [0.1, 0.15) is 13.3 Å². The van der Waals surface area contributed by atoms with Gasteiger partial charge in [-0.3, -0.25) is 9.59 Å². The smallest absolute Gasteiger partial charge is 0.325 e. The van der Waals surface area contributed by atoms with Gasteiger partial charge in [-0.05, 0) is 19.1 Å². The van der Waals surface area contributed by atoms with Crippen LogP contribution in [0.4, 0.5) is 0 Å². The maximum atomic E-state index is 11.8. The number of carbonyl (C=O) groups excluding carboxylic acids is 2. The zero-order valence-electron chi connectivity index (χ0n) is 11.6. The zero-order valence-corrected chi connectivity index (χ0v) is 13.2. The molecule has 0 fully saturated rings. The highest BCUT2D eigenvalue weighted by Crippen LogP contribution is 2.26. The van der Waals surface area contributed by atoms with E-state index in [0.717, 1.165) is 4.90 Å². The summed E-state index contributed by atoms with van der Waals surface area (Å²) in [6.45, 7) is 2.05. The summed E-state index contributed by atoms with van der Waals surface area (Å²) in [6, 6.07) is 7.51. The van der Waals surface area contributed by atoms with Crippen molar-refractivity contribution in [3.8, 4) is 0 Å². The molecule has 1 amide bonds. The van der Waals surface area contributed by atoms with Crippen LogP contribution in [0.25, 0.3) is 0 Å². The van der Waals surface area contributed by atoms with Crippen LogP contribution in [0.3, 0.4) is 0 Å². The Morgan fingerprint density at radius 2 is 2.05 bits per heavy atom. The van der Waals surface area contributed by atoms with Crippen molar-refractivity contribution in [2.75, 3.05) is 26.0 Å². The van der Waals surface area contributed by atoms with Crippen LogP contribution in [-0.2, 0) is 14.3 Å². The van der Waals surface area contributed by atoms with Gasteiger partial charge < -0.3 is 9.64 Å². The highest BCUT2D eigenvalue weighted by molar-refractivity contribution is 7.99. The normalized spacial score (nSPS) is 10.2. The molecular formula is C14H18ClNO3S. The first kappa shape index (κ1) is 16.9. The van der Waals surface area contributed by atoms with E-state index in [9.17, 15) is 9.59 Å². The summed E-state index contributed by atoms with van der Waals surface area (Å²) in [4.78, 5) is 25.4. The fraction of sp³-hybridized carbons (Fsp3) is 0.429. The summed E-state index contributed by atoms with van der Waals surface area (Å²) in [5.41, 5.74) is 0. The Balaban J connectivity index is 2.32. The van der Waals surface area contributed by atoms with Gasteiger partial charge in [0.1, 0.15) is 6.54 Å². The monoisotopic (exact) mass is 315 g/mol. The number of carbonyl (C=O) groups is 2. The highest BCUT2D eigenvalue weighted by atomic mass is 35.5. The SMILES string of the molecule is CCOC(=O)CN(C)C(=O)CCSc1ccccc1Cl. The van der Waals surface area contributed by atoms with E-state index >= 15 is 0 Å². The largest absolute Gasteiger partial charge is 0.465 e. The molecular weight excluding hydrogens is 298 g/mol. The van der Waals surface area contributed by atoms with E-state index in [4.69, 9.17) is 16.3 Å². The maximum absolute atomic E-state index is 11.8. The second kappa shape index (κ2) is 8.87. The van der Waals surface area contributed by atoms with E-state index in [0.29, 0.717) is 23.8 Å². The Morgan fingerprint density at radius 1 is 1.35 bits per heavy atom. The first-order chi connectivity index (χ1) is 9.54. The summed E-state index contributed by atoms with van der Waals surface area (Å²) in [6.07, 6.45) is 0.353. The average molecular weight is 316 g/mol. The molecule has 0 N–H and O–H groups in total. The Bertz CT molecular complexity index is 467. The van der Waals surface area contributed by atoms with Crippen molar-refractivity contribution in [1.29, 1.82) is 0 Å². The molecule has 0 saturated heterocycles. The van der Waals surface area contributed by atoms with Gasteiger partial charge in [0.05, 0.1) is 11.6 Å².